The van der Waals surface area contributed by atoms with Gasteiger partial charge < -0.3 is 0 Å². The van der Waals surface area contributed by atoms with Crippen LogP contribution in [0.25, 0.3) is 0 Å². The zero-order chi connectivity index (χ0) is 16.2. The van der Waals surface area contributed by atoms with Gasteiger partial charge in [-0.05, 0) is 0 Å². The van der Waals surface area contributed by atoms with Crippen molar-refractivity contribution in [2.24, 2.45) is 0 Å². The van der Waals surface area contributed by atoms with Crippen molar-refractivity contribution in [3.05, 3.63) is 75.9 Å². The molecule has 0 spiro atoms. The third-order valence-electron chi connectivity index (χ3n) is 3.53. The van der Waals surface area contributed by atoms with Gasteiger partial charge >= 0.3 is 143 Å². The van der Waals surface area contributed by atoms with Crippen LogP contribution >= 0.6 is 6.13 Å². The van der Waals surface area contributed by atoms with E-state index in [9.17, 15) is 0 Å². The number of hydrogen-bond acceptors (Lipinski definition) is 1. The van der Waals surface area contributed by atoms with Crippen molar-refractivity contribution in [2.75, 3.05) is 0 Å². The molecule has 21 heavy (non-hydrogen) atoms. The summed E-state index contributed by atoms with van der Waals surface area (Å²) in [5.74, 6) is 0. The van der Waals surface area contributed by atoms with Gasteiger partial charge in [0.1, 0.15) is 0 Å². The minimum atomic E-state index is -2.39. The second-order valence-corrected chi connectivity index (χ2v) is 51.2. The van der Waals surface area contributed by atoms with Crippen LogP contribution in [-0.4, -0.2) is 34.0 Å². The molecule has 0 aromatic rings. The van der Waals surface area contributed by atoms with Gasteiger partial charge in [-0.25, -0.2) is 0 Å². The maximum absolute atomic E-state index is 4.01. The summed E-state index contributed by atoms with van der Waals surface area (Å²) in [6, 6.07) is 0. The zero-order valence-electron chi connectivity index (χ0n) is 13.4. The van der Waals surface area contributed by atoms with Crippen LogP contribution in [-0.2, 0) is 0 Å². The van der Waals surface area contributed by atoms with E-state index in [2.05, 4.69) is 82.1 Å². The molecule has 0 aliphatic rings. The summed E-state index contributed by atoms with van der Waals surface area (Å²) in [7, 11) is 0. The first kappa shape index (κ1) is 21.4. The molecule has 0 amide bonds. The Morgan fingerprint density at radius 3 is 0.810 bits per heavy atom. The molecule has 0 aliphatic carbocycles. The summed E-state index contributed by atoms with van der Waals surface area (Å²) < 4.78 is 7.18. The standard InChI is InChI=1S/6C3H5.S.2Sn/c6*1-3-2;;;/h6*3H,1-2H2;;;. The quantitative estimate of drug-likeness (QED) is 0.183. The van der Waals surface area contributed by atoms with E-state index in [1.165, 1.54) is 26.6 Å². The summed E-state index contributed by atoms with van der Waals surface area (Å²) in [5.41, 5.74) is 0. The van der Waals surface area contributed by atoms with E-state index in [0.29, 0.717) is 0 Å². The molecule has 0 rings (SSSR count). The van der Waals surface area contributed by atoms with Crippen molar-refractivity contribution in [3.63, 3.8) is 0 Å². The molecule has 3 heteroatoms. The Morgan fingerprint density at radius 2 is 0.667 bits per heavy atom. The predicted octanol–water partition coefficient (Wildman–Crippen LogP) is 6.73. The van der Waals surface area contributed by atoms with Crippen LogP contribution < -0.4 is 0 Å². The van der Waals surface area contributed by atoms with Crippen molar-refractivity contribution in [1.29, 1.82) is 0 Å². The first-order valence-corrected chi connectivity index (χ1v) is 27.3. The summed E-state index contributed by atoms with van der Waals surface area (Å²) >= 11 is -4.78. The Bertz CT molecular complexity index is 296. The molecular weight excluding hydrogens is 486 g/mol. The first-order valence-electron chi connectivity index (χ1n) is 7.43. The fourth-order valence-corrected chi connectivity index (χ4v) is 114. The van der Waals surface area contributed by atoms with Crippen LogP contribution in [0, 0.1) is 0 Å². The van der Waals surface area contributed by atoms with E-state index in [4.69, 9.17) is 0 Å². The summed E-state index contributed by atoms with van der Waals surface area (Å²) in [6.45, 7) is 24.1. The van der Waals surface area contributed by atoms with E-state index in [-0.39, 0.29) is 0 Å². The molecule has 0 unspecified atom stereocenters. The summed E-state index contributed by atoms with van der Waals surface area (Å²) in [4.78, 5) is 0. The van der Waals surface area contributed by atoms with E-state index in [0.717, 1.165) is 0 Å². The molecule has 0 radical (unpaired) electrons. The molecule has 0 aromatic heterocycles. The number of allylic oxidation sites excluding steroid dienone is 6. The second-order valence-electron chi connectivity index (χ2n) is 5.42. The molecular formula is C18H30SSn2. The molecule has 0 bridgehead atoms. The van der Waals surface area contributed by atoms with Crippen LogP contribution in [0.3, 0.4) is 0 Å². The van der Waals surface area contributed by atoms with Crippen LogP contribution in [0.5, 0.6) is 0 Å². The molecule has 0 atom stereocenters. The average molecular weight is 516 g/mol. The van der Waals surface area contributed by atoms with Gasteiger partial charge in [-0.3, -0.25) is 0 Å². The monoisotopic (exact) mass is 518 g/mol. The van der Waals surface area contributed by atoms with E-state index in [1.807, 2.05) is 0 Å². The molecule has 116 valence electrons. The van der Waals surface area contributed by atoms with Gasteiger partial charge in [-0.15, -0.1) is 0 Å². The number of hydrogen-bond donors (Lipinski definition) is 0. The van der Waals surface area contributed by atoms with Gasteiger partial charge in [0, 0.05) is 0 Å². The van der Waals surface area contributed by atoms with Crippen molar-refractivity contribution in [3.8, 4) is 0 Å². The predicted molar refractivity (Wildman–Crippen MR) is 109 cm³/mol. The normalized spacial score (nSPS) is 11.4. The molecule has 0 saturated heterocycles. The minimum absolute atomic E-state index is 1.20. The van der Waals surface area contributed by atoms with Crippen LogP contribution in [0.1, 0.15) is 0 Å². The van der Waals surface area contributed by atoms with Crippen LogP contribution in [0.15, 0.2) is 75.9 Å². The summed E-state index contributed by atoms with van der Waals surface area (Å²) in [5, 5.41) is 0. The van der Waals surface area contributed by atoms with Gasteiger partial charge in [-0.2, -0.15) is 0 Å². The van der Waals surface area contributed by atoms with Gasteiger partial charge in [0.05, 0.1) is 0 Å². The van der Waals surface area contributed by atoms with Gasteiger partial charge in [0.15, 0.2) is 0 Å². The third kappa shape index (κ3) is 7.46. The molecule has 0 aromatic carbocycles. The Hall–Kier alpha value is 0.387. The third-order valence-corrected chi connectivity index (χ3v) is 85.9. The Balaban J connectivity index is 5.60. The fourth-order valence-electron chi connectivity index (χ4n) is 2.79. The summed E-state index contributed by atoms with van der Waals surface area (Å²) in [6.07, 6.45) is 15.2. The van der Waals surface area contributed by atoms with Crippen molar-refractivity contribution in [1.82, 2.24) is 0 Å². The molecule has 0 N–H and O–H groups in total. The SMILES string of the molecule is C=C[CH2][Sn]([CH2]C=C)([CH2]C=C)[S][Sn]([CH2]C=C)([CH2]C=C)[CH2]C=C. The first-order chi connectivity index (χ1) is 10.1. The molecule has 0 heterocycles. The molecule has 0 aliphatic heterocycles. The zero-order valence-corrected chi connectivity index (χ0v) is 19.9. The molecule has 0 nitrogen and oxygen atoms in total. The van der Waals surface area contributed by atoms with Crippen LogP contribution in [0.2, 0.25) is 26.6 Å². The van der Waals surface area contributed by atoms with Gasteiger partial charge in [-0.1, -0.05) is 0 Å². The van der Waals surface area contributed by atoms with Crippen molar-refractivity contribution >= 4 is 40.1 Å². The van der Waals surface area contributed by atoms with E-state index >= 15 is 0 Å². The van der Waals surface area contributed by atoms with Crippen molar-refractivity contribution in [2.45, 2.75) is 26.6 Å². The van der Waals surface area contributed by atoms with Gasteiger partial charge in [0.2, 0.25) is 0 Å². The Kier molecular flexibility index (Phi) is 12.1. The van der Waals surface area contributed by atoms with Crippen molar-refractivity contribution < 1.29 is 0 Å². The Morgan fingerprint density at radius 1 is 0.476 bits per heavy atom. The average Bonchev–Trinajstić information content (AvgIpc) is 2.40. The molecule has 0 fully saturated rings. The Labute approximate surface area is 141 Å². The topological polar surface area (TPSA) is 0 Å². The molecule has 0 saturated carbocycles. The number of rotatable bonds is 14. The van der Waals surface area contributed by atoms with E-state index in [1.54, 1.807) is 0 Å². The fraction of sp³-hybridized carbons (Fsp3) is 0.333. The van der Waals surface area contributed by atoms with Gasteiger partial charge in [0.25, 0.3) is 0 Å². The maximum atomic E-state index is 4.01. The van der Waals surface area contributed by atoms with Crippen LogP contribution in [0.4, 0.5) is 0 Å². The van der Waals surface area contributed by atoms with E-state index < -0.39 is 34.0 Å². The second kappa shape index (κ2) is 11.9.